The van der Waals surface area contributed by atoms with Gasteiger partial charge in [-0.1, -0.05) is 34.1 Å². The molecule has 0 saturated carbocycles. The Bertz CT molecular complexity index is 755. The van der Waals surface area contributed by atoms with E-state index in [1.807, 2.05) is 0 Å². The van der Waals surface area contributed by atoms with E-state index in [-0.39, 0.29) is 5.52 Å². The van der Waals surface area contributed by atoms with E-state index < -0.39 is 11.2 Å². The van der Waals surface area contributed by atoms with Crippen LogP contribution in [0.25, 0.3) is 11.2 Å². The van der Waals surface area contributed by atoms with Gasteiger partial charge in [0.05, 0.1) is 6.54 Å². The minimum atomic E-state index is -0.473. The molecule has 0 saturated heterocycles. The molecule has 0 bridgehead atoms. The summed E-state index contributed by atoms with van der Waals surface area (Å²) in [6.07, 6.45) is 0.948. The monoisotopic (exact) mass is 322 g/mol. The molecule has 1 N–H and O–H groups in total. The van der Waals surface area contributed by atoms with Crippen molar-refractivity contribution in [2.24, 2.45) is 5.92 Å². The van der Waals surface area contributed by atoms with Crippen molar-refractivity contribution in [2.75, 3.05) is 19.6 Å². The average Bonchev–Trinajstić information content (AvgIpc) is 2.96. The quantitative estimate of drug-likeness (QED) is 0.771. The molecule has 0 amide bonds. The Kier molecular flexibility index (Phi) is 5.70. The van der Waals surface area contributed by atoms with Crippen LogP contribution in [0.3, 0.4) is 0 Å². The van der Waals surface area contributed by atoms with Crippen molar-refractivity contribution in [1.82, 2.24) is 29.4 Å². The van der Waals surface area contributed by atoms with Gasteiger partial charge in [0.25, 0.3) is 5.56 Å². The summed E-state index contributed by atoms with van der Waals surface area (Å²) < 4.78 is 1.52. The molecule has 8 nitrogen and oxygen atoms in total. The second kappa shape index (κ2) is 7.54. The van der Waals surface area contributed by atoms with Gasteiger partial charge in [-0.3, -0.25) is 14.3 Å². The summed E-state index contributed by atoms with van der Waals surface area (Å²) in [7, 11) is 0. The van der Waals surface area contributed by atoms with Crippen molar-refractivity contribution in [3.8, 4) is 0 Å². The number of likely N-dealkylation sites (N-methyl/N-ethyl adjacent to an activating group) is 1. The Labute approximate surface area is 135 Å². The summed E-state index contributed by atoms with van der Waals surface area (Å²) in [6, 6.07) is 0. The highest BCUT2D eigenvalue weighted by Gasteiger charge is 2.15. The highest BCUT2D eigenvalue weighted by atomic mass is 16.2. The lowest BCUT2D eigenvalue weighted by atomic mass is 10.1. The van der Waals surface area contributed by atoms with E-state index in [4.69, 9.17) is 0 Å². The molecular weight excluding hydrogens is 296 g/mol. The maximum Gasteiger partial charge on any atom is 0.330 e. The van der Waals surface area contributed by atoms with E-state index in [0.717, 1.165) is 26.1 Å². The van der Waals surface area contributed by atoms with Crippen LogP contribution in [0, 0.1) is 5.92 Å². The SMILES string of the molecule is CCC(C)Cn1c(=O)[nH]c(=O)c2nn(CCN(CC)CC)nc21. The van der Waals surface area contributed by atoms with Crippen LogP contribution in [0.4, 0.5) is 0 Å². The average molecular weight is 322 g/mol. The van der Waals surface area contributed by atoms with E-state index in [1.165, 1.54) is 9.36 Å². The standard InChI is InChI=1S/C15H26N6O2/c1-5-11(4)10-20-13-12(14(22)16-15(20)23)17-21(18-13)9-8-19(6-2)7-3/h11H,5-10H2,1-4H3,(H,16,22,23). The number of fused-ring (bicyclic) bond motifs is 1. The number of nitrogens with one attached hydrogen (secondary N) is 1. The third kappa shape index (κ3) is 3.87. The van der Waals surface area contributed by atoms with Crippen molar-refractivity contribution in [2.45, 2.75) is 47.2 Å². The molecule has 1 atom stereocenters. The van der Waals surface area contributed by atoms with Crippen LogP contribution in [0.15, 0.2) is 9.59 Å². The molecule has 0 aromatic carbocycles. The molecule has 2 heterocycles. The molecule has 8 heteroatoms. The molecule has 1 unspecified atom stereocenters. The Balaban J connectivity index is 2.37. The largest absolute Gasteiger partial charge is 0.330 e. The zero-order valence-electron chi connectivity index (χ0n) is 14.4. The number of H-pyrrole nitrogens is 1. The lowest BCUT2D eigenvalue weighted by Gasteiger charge is -2.16. The molecule has 2 aromatic rings. The molecule has 23 heavy (non-hydrogen) atoms. The second-order valence-electron chi connectivity index (χ2n) is 5.88. The first-order valence-corrected chi connectivity index (χ1v) is 8.30. The van der Waals surface area contributed by atoms with Gasteiger partial charge in [-0.15, -0.1) is 10.2 Å². The van der Waals surface area contributed by atoms with Crippen LogP contribution in [0.1, 0.15) is 34.1 Å². The number of hydrogen-bond donors (Lipinski definition) is 1. The number of aromatic nitrogens is 5. The van der Waals surface area contributed by atoms with Crippen LogP contribution >= 0.6 is 0 Å². The number of nitrogens with zero attached hydrogens (tertiary/aromatic N) is 5. The first-order valence-electron chi connectivity index (χ1n) is 8.30. The lowest BCUT2D eigenvalue weighted by Crippen LogP contribution is -2.31. The summed E-state index contributed by atoms with van der Waals surface area (Å²) in [6.45, 7) is 12.2. The predicted molar refractivity (Wildman–Crippen MR) is 89.7 cm³/mol. The normalized spacial score (nSPS) is 13.1. The fourth-order valence-corrected chi connectivity index (χ4v) is 2.47. The fourth-order valence-electron chi connectivity index (χ4n) is 2.47. The first-order chi connectivity index (χ1) is 11.0. The highest BCUT2D eigenvalue weighted by molar-refractivity contribution is 5.67. The number of aromatic amines is 1. The van der Waals surface area contributed by atoms with Gasteiger partial charge >= 0.3 is 5.69 Å². The molecular formula is C15H26N6O2. The third-order valence-electron chi connectivity index (χ3n) is 4.28. The van der Waals surface area contributed by atoms with Crippen LogP contribution in [-0.4, -0.2) is 49.1 Å². The van der Waals surface area contributed by atoms with E-state index in [9.17, 15) is 9.59 Å². The van der Waals surface area contributed by atoms with Gasteiger partial charge in [-0.25, -0.2) is 4.79 Å². The summed E-state index contributed by atoms with van der Waals surface area (Å²) in [5, 5.41) is 8.65. The predicted octanol–water partition coefficient (Wildman–Crippen LogP) is 0.669. The Hall–Kier alpha value is -1.96. The fraction of sp³-hybridized carbons (Fsp3) is 0.733. The van der Waals surface area contributed by atoms with Crippen LogP contribution in [0.2, 0.25) is 0 Å². The maximum atomic E-state index is 12.1. The highest BCUT2D eigenvalue weighted by Crippen LogP contribution is 2.07. The Morgan fingerprint density at radius 2 is 1.87 bits per heavy atom. The summed E-state index contributed by atoms with van der Waals surface area (Å²) in [5.41, 5.74) is -0.288. The summed E-state index contributed by atoms with van der Waals surface area (Å²) in [4.78, 5) is 30.2. The Morgan fingerprint density at radius 3 is 2.48 bits per heavy atom. The lowest BCUT2D eigenvalue weighted by molar-refractivity contribution is 0.278. The van der Waals surface area contributed by atoms with Gasteiger partial charge in [0.1, 0.15) is 0 Å². The van der Waals surface area contributed by atoms with Crippen LogP contribution < -0.4 is 11.2 Å². The smallest absolute Gasteiger partial charge is 0.302 e. The molecule has 0 aliphatic rings. The molecule has 128 valence electrons. The first kappa shape index (κ1) is 17.4. The van der Waals surface area contributed by atoms with Crippen molar-refractivity contribution in [1.29, 1.82) is 0 Å². The van der Waals surface area contributed by atoms with Gasteiger partial charge in [0, 0.05) is 13.1 Å². The summed E-state index contributed by atoms with van der Waals surface area (Å²) >= 11 is 0. The van der Waals surface area contributed by atoms with Crippen LogP contribution in [-0.2, 0) is 13.1 Å². The van der Waals surface area contributed by atoms with Crippen molar-refractivity contribution in [3.05, 3.63) is 20.8 Å². The molecule has 2 aromatic heterocycles. The van der Waals surface area contributed by atoms with Gasteiger partial charge in [-0.05, 0) is 19.0 Å². The third-order valence-corrected chi connectivity index (χ3v) is 4.28. The maximum absolute atomic E-state index is 12.1. The van der Waals surface area contributed by atoms with Crippen molar-refractivity contribution >= 4 is 11.2 Å². The number of rotatable bonds is 8. The molecule has 0 radical (unpaired) electrons. The minimum absolute atomic E-state index is 0.229. The van der Waals surface area contributed by atoms with Gasteiger partial charge < -0.3 is 4.90 Å². The second-order valence-corrected chi connectivity index (χ2v) is 5.88. The van der Waals surface area contributed by atoms with Crippen molar-refractivity contribution < 1.29 is 0 Å². The Morgan fingerprint density at radius 1 is 1.17 bits per heavy atom. The van der Waals surface area contributed by atoms with Gasteiger partial charge in [0.15, 0.2) is 11.2 Å². The van der Waals surface area contributed by atoms with E-state index in [1.54, 1.807) is 0 Å². The van der Waals surface area contributed by atoms with E-state index in [0.29, 0.717) is 24.7 Å². The zero-order chi connectivity index (χ0) is 17.0. The van der Waals surface area contributed by atoms with E-state index in [2.05, 4.69) is 47.8 Å². The zero-order valence-corrected chi connectivity index (χ0v) is 14.4. The van der Waals surface area contributed by atoms with Gasteiger partial charge in [-0.2, -0.15) is 4.80 Å². The molecule has 0 aliphatic heterocycles. The van der Waals surface area contributed by atoms with Crippen LogP contribution in [0.5, 0.6) is 0 Å². The molecule has 0 fully saturated rings. The van der Waals surface area contributed by atoms with Crippen molar-refractivity contribution in [3.63, 3.8) is 0 Å². The topological polar surface area (TPSA) is 88.8 Å². The molecule has 0 aliphatic carbocycles. The molecule has 0 spiro atoms. The van der Waals surface area contributed by atoms with Gasteiger partial charge in [0.2, 0.25) is 0 Å². The molecule has 2 rings (SSSR count). The number of hydrogen-bond acceptors (Lipinski definition) is 5. The van der Waals surface area contributed by atoms with E-state index >= 15 is 0 Å². The summed E-state index contributed by atoms with van der Waals surface area (Å²) in [5.74, 6) is 0.322. The minimum Gasteiger partial charge on any atom is -0.302 e.